The predicted octanol–water partition coefficient (Wildman–Crippen LogP) is 1.95. The Morgan fingerprint density at radius 1 is 1.37 bits per heavy atom. The molecular formula is C18H27N7O2. The summed E-state index contributed by atoms with van der Waals surface area (Å²) >= 11 is 0. The Morgan fingerprint density at radius 2 is 2.15 bits per heavy atom. The summed E-state index contributed by atoms with van der Waals surface area (Å²) in [4.78, 5) is 22.8. The van der Waals surface area contributed by atoms with E-state index < -0.39 is 11.7 Å². The first kappa shape index (κ1) is 18.9. The molecule has 1 fully saturated rings. The third-order valence-corrected chi connectivity index (χ3v) is 4.24. The van der Waals surface area contributed by atoms with E-state index in [1.54, 1.807) is 17.1 Å². The van der Waals surface area contributed by atoms with Crippen molar-refractivity contribution in [2.24, 2.45) is 7.05 Å². The molecule has 1 aliphatic rings. The van der Waals surface area contributed by atoms with E-state index in [2.05, 4.69) is 25.3 Å². The van der Waals surface area contributed by atoms with Crippen LogP contribution in [0.4, 0.5) is 16.6 Å². The summed E-state index contributed by atoms with van der Waals surface area (Å²) in [5.74, 6) is 0.978. The maximum atomic E-state index is 12.1. The first-order valence-corrected chi connectivity index (χ1v) is 9.07. The van der Waals surface area contributed by atoms with Gasteiger partial charge in [0.1, 0.15) is 11.4 Å². The van der Waals surface area contributed by atoms with Crippen molar-refractivity contribution in [3.8, 4) is 11.1 Å². The van der Waals surface area contributed by atoms with Crippen molar-refractivity contribution < 1.29 is 9.53 Å². The smallest absolute Gasteiger partial charge is 0.407 e. The van der Waals surface area contributed by atoms with Crippen LogP contribution in [0.2, 0.25) is 0 Å². The lowest BCUT2D eigenvalue weighted by Crippen LogP contribution is -2.49. The topological polar surface area (TPSA) is 111 Å². The Morgan fingerprint density at radius 3 is 2.81 bits per heavy atom. The van der Waals surface area contributed by atoms with Crippen molar-refractivity contribution in [3.63, 3.8) is 0 Å². The molecule has 1 amide bonds. The Bertz CT molecular complexity index is 812. The number of nitrogens with two attached hydrogens (primary N) is 1. The Labute approximate surface area is 158 Å². The third-order valence-electron chi connectivity index (χ3n) is 4.24. The number of aryl methyl sites for hydroxylation is 1. The van der Waals surface area contributed by atoms with Gasteiger partial charge >= 0.3 is 6.09 Å². The number of nitrogens with one attached hydrogen (secondary N) is 1. The van der Waals surface area contributed by atoms with Crippen molar-refractivity contribution in [3.05, 3.63) is 18.6 Å². The molecule has 2 aromatic rings. The van der Waals surface area contributed by atoms with Crippen LogP contribution in [0, 0.1) is 0 Å². The molecular weight excluding hydrogens is 346 g/mol. The highest BCUT2D eigenvalue weighted by molar-refractivity contribution is 5.75. The fourth-order valence-corrected chi connectivity index (χ4v) is 3.15. The van der Waals surface area contributed by atoms with Crippen LogP contribution in [0.25, 0.3) is 11.1 Å². The average molecular weight is 373 g/mol. The number of piperidine rings is 1. The van der Waals surface area contributed by atoms with Gasteiger partial charge in [0.15, 0.2) is 0 Å². The standard InChI is InChI=1S/C18H27N7O2/c1-18(2,3)27-17(26)22-13-6-5-7-25(11-13)15-14(9-20-16(19)23-15)12-8-21-24(4)10-12/h8-10,13H,5-7,11H2,1-4H3,(H,22,26)(H2,19,20,23). The van der Waals surface area contributed by atoms with Crippen molar-refractivity contribution in [1.29, 1.82) is 0 Å². The fraction of sp³-hybridized carbons (Fsp3) is 0.556. The summed E-state index contributed by atoms with van der Waals surface area (Å²) in [6.45, 7) is 7.01. The lowest BCUT2D eigenvalue weighted by atomic mass is 10.0. The molecule has 0 radical (unpaired) electrons. The lowest BCUT2D eigenvalue weighted by Gasteiger charge is -2.35. The molecule has 1 aliphatic heterocycles. The molecule has 0 aromatic carbocycles. The molecule has 146 valence electrons. The molecule has 0 spiro atoms. The Balaban J connectivity index is 1.78. The van der Waals surface area contributed by atoms with Gasteiger partial charge in [0.2, 0.25) is 5.95 Å². The Kier molecular flexibility index (Phi) is 5.20. The van der Waals surface area contributed by atoms with Gasteiger partial charge in [-0.05, 0) is 33.6 Å². The van der Waals surface area contributed by atoms with Crippen LogP contribution in [0.3, 0.4) is 0 Å². The molecule has 9 nitrogen and oxygen atoms in total. The number of aromatic nitrogens is 4. The van der Waals surface area contributed by atoms with Gasteiger partial charge < -0.3 is 20.7 Å². The first-order valence-electron chi connectivity index (χ1n) is 9.07. The van der Waals surface area contributed by atoms with E-state index in [1.807, 2.05) is 34.0 Å². The van der Waals surface area contributed by atoms with Gasteiger partial charge in [-0.3, -0.25) is 4.68 Å². The highest BCUT2D eigenvalue weighted by atomic mass is 16.6. The van der Waals surface area contributed by atoms with Gasteiger partial charge in [-0.2, -0.15) is 10.1 Å². The highest BCUT2D eigenvalue weighted by Crippen LogP contribution is 2.30. The zero-order valence-electron chi connectivity index (χ0n) is 16.3. The van der Waals surface area contributed by atoms with Gasteiger partial charge in [-0.15, -0.1) is 0 Å². The summed E-state index contributed by atoms with van der Waals surface area (Å²) in [5.41, 5.74) is 7.12. The number of carbonyl (C=O) groups is 1. The van der Waals surface area contributed by atoms with Crippen LogP contribution in [0.15, 0.2) is 18.6 Å². The molecule has 2 aromatic heterocycles. The van der Waals surface area contributed by atoms with E-state index in [1.165, 1.54) is 0 Å². The van der Waals surface area contributed by atoms with E-state index in [9.17, 15) is 4.79 Å². The summed E-state index contributed by atoms with van der Waals surface area (Å²) in [5, 5.41) is 7.19. The van der Waals surface area contributed by atoms with Gasteiger partial charge in [-0.25, -0.2) is 9.78 Å². The molecule has 3 heterocycles. The predicted molar refractivity (Wildman–Crippen MR) is 103 cm³/mol. The van der Waals surface area contributed by atoms with E-state index in [4.69, 9.17) is 10.5 Å². The molecule has 1 unspecified atom stereocenters. The van der Waals surface area contributed by atoms with Crippen molar-refractivity contribution in [2.45, 2.75) is 45.3 Å². The number of ether oxygens (including phenoxy) is 1. The number of nitrogens with zero attached hydrogens (tertiary/aromatic N) is 5. The number of rotatable bonds is 3. The maximum Gasteiger partial charge on any atom is 0.407 e. The fourth-order valence-electron chi connectivity index (χ4n) is 3.15. The zero-order chi connectivity index (χ0) is 19.6. The third kappa shape index (κ3) is 4.87. The average Bonchev–Trinajstić information content (AvgIpc) is 2.99. The normalized spacial score (nSPS) is 17.6. The monoisotopic (exact) mass is 373 g/mol. The molecule has 1 saturated heterocycles. The molecule has 9 heteroatoms. The quantitative estimate of drug-likeness (QED) is 0.846. The van der Waals surface area contributed by atoms with Gasteiger partial charge in [0.05, 0.1) is 6.20 Å². The number of anilines is 2. The van der Waals surface area contributed by atoms with Crippen LogP contribution in [-0.4, -0.2) is 50.6 Å². The number of hydrogen-bond donors (Lipinski definition) is 2. The van der Waals surface area contributed by atoms with E-state index in [0.29, 0.717) is 6.54 Å². The number of nitrogen functional groups attached to an aromatic ring is 1. The number of hydrogen-bond acceptors (Lipinski definition) is 7. The second kappa shape index (κ2) is 7.42. The minimum absolute atomic E-state index is 0.0217. The minimum Gasteiger partial charge on any atom is -0.444 e. The second-order valence-corrected chi connectivity index (χ2v) is 7.80. The van der Waals surface area contributed by atoms with Crippen LogP contribution >= 0.6 is 0 Å². The number of alkyl carbamates (subject to hydrolysis) is 1. The molecule has 0 aliphatic carbocycles. The van der Waals surface area contributed by atoms with Gasteiger partial charge in [0.25, 0.3) is 0 Å². The van der Waals surface area contributed by atoms with E-state index >= 15 is 0 Å². The van der Waals surface area contributed by atoms with Crippen LogP contribution in [0.5, 0.6) is 0 Å². The van der Waals surface area contributed by atoms with Gasteiger partial charge in [-0.1, -0.05) is 0 Å². The molecule has 3 N–H and O–H groups in total. The lowest BCUT2D eigenvalue weighted by molar-refractivity contribution is 0.0500. The van der Waals surface area contributed by atoms with Crippen LogP contribution in [-0.2, 0) is 11.8 Å². The summed E-state index contributed by atoms with van der Waals surface area (Å²) in [6.07, 6.45) is 6.83. The van der Waals surface area contributed by atoms with Crippen LogP contribution < -0.4 is 16.0 Å². The van der Waals surface area contributed by atoms with Crippen molar-refractivity contribution in [2.75, 3.05) is 23.7 Å². The first-order chi connectivity index (χ1) is 12.7. The summed E-state index contributed by atoms with van der Waals surface area (Å²) in [6, 6.07) is -0.0217. The minimum atomic E-state index is -0.521. The molecule has 3 rings (SSSR count). The molecule has 0 bridgehead atoms. The maximum absolute atomic E-state index is 12.1. The van der Waals surface area contributed by atoms with Crippen LogP contribution in [0.1, 0.15) is 33.6 Å². The van der Waals surface area contributed by atoms with Crippen molar-refractivity contribution in [1.82, 2.24) is 25.1 Å². The van der Waals surface area contributed by atoms with E-state index in [0.717, 1.165) is 36.3 Å². The summed E-state index contributed by atoms with van der Waals surface area (Å²) in [7, 11) is 1.86. The zero-order valence-corrected chi connectivity index (χ0v) is 16.3. The second-order valence-electron chi connectivity index (χ2n) is 7.80. The molecule has 0 saturated carbocycles. The number of carbonyl (C=O) groups excluding carboxylic acids is 1. The Hall–Kier alpha value is -2.84. The summed E-state index contributed by atoms with van der Waals surface area (Å²) < 4.78 is 7.11. The SMILES string of the molecule is Cn1cc(-c2cnc(N)nc2N2CCCC(NC(=O)OC(C)(C)C)C2)cn1. The van der Waals surface area contributed by atoms with Crippen molar-refractivity contribution >= 4 is 17.9 Å². The van der Waals surface area contributed by atoms with E-state index in [-0.39, 0.29) is 12.0 Å². The number of amides is 1. The van der Waals surface area contributed by atoms with Gasteiger partial charge in [0, 0.05) is 49.7 Å². The largest absolute Gasteiger partial charge is 0.444 e. The molecule has 1 atom stereocenters. The molecule has 27 heavy (non-hydrogen) atoms. The highest BCUT2D eigenvalue weighted by Gasteiger charge is 2.26.